The van der Waals surface area contributed by atoms with Crippen LogP contribution in [0.25, 0.3) is 0 Å². The topological polar surface area (TPSA) is 91.2 Å². The van der Waals surface area contributed by atoms with Crippen LogP contribution < -0.4 is 5.32 Å². The number of hydrogen-bond donors (Lipinski definition) is 2. The minimum absolute atomic E-state index is 0.0172. The predicted molar refractivity (Wildman–Crippen MR) is 85.5 cm³/mol. The van der Waals surface area contributed by atoms with Gasteiger partial charge in [-0.05, 0) is 38.4 Å². The van der Waals surface area contributed by atoms with Crippen molar-refractivity contribution in [3.63, 3.8) is 0 Å². The molecule has 1 fully saturated rings. The third kappa shape index (κ3) is 3.62. The molecule has 7 heteroatoms. The average Bonchev–Trinajstić information content (AvgIpc) is 2.95. The summed E-state index contributed by atoms with van der Waals surface area (Å²) in [6.07, 6.45) is 5.10. The number of nitrogens with one attached hydrogen (secondary N) is 1. The summed E-state index contributed by atoms with van der Waals surface area (Å²) in [6, 6.07) is 5.68. The minimum atomic E-state index is -0.823. The second kappa shape index (κ2) is 6.70. The smallest absolute Gasteiger partial charge is 0.317 e. The summed E-state index contributed by atoms with van der Waals surface area (Å²) in [5.74, 6) is 0.512. The number of carbonyl (C=O) groups is 1. The highest BCUT2D eigenvalue weighted by molar-refractivity contribution is 5.69. The first kappa shape index (κ1) is 15.4. The SMILES string of the molecule is Cc1cccc(Nc2nccnc2C2CCCN2CC(=O)O)n1. The van der Waals surface area contributed by atoms with Crippen molar-refractivity contribution in [3.05, 3.63) is 42.0 Å². The molecule has 120 valence electrons. The fraction of sp³-hybridized carbons (Fsp3) is 0.375. The Morgan fingerprint density at radius 3 is 3.00 bits per heavy atom. The summed E-state index contributed by atoms with van der Waals surface area (Å²) in [6.45, 7) is 2.70. The maximum absolute atomic E-state index is 11.0. The third-order valence-electron chi connectivity index (χ3n) is 3.88. The highest BCUT2D eigenvalue weighted by atomic mass is 16.4. The van der Waals surface area contributed by atoms with Crippen molar-refractivity contribution < 1.29 is 9.90 Å². The van der Waals surface area contributed by atoms with Crippen molar-refractivity contribution >= 4 is 17.6 Å². The van der Waals surface area contributed by atoms with Crippen LogP contribution in [0.15, 0.2) is 30.6 Å². The second-order valence-electron chi connectivity index (χ2n) is 5.60. The molecule has 0 bridgehead atoms. The third-order valence-corrected chi connectivity index (χ3v) is 3.88. The maximum atomic E-state index is 11.0. The van der Waals surface area contributed by atoms with E-state index in [-0.39, 0.29) is 12.6 Å². The van der Waals surface area contributed by atoms with Gasteiger partial charge < -0.3 is 10.4 Å². The number of likely N-dealkylation sites (tertiary alicyclic amines) is 1. The van der Waals surface area contributed by atoms with Gasteiger partial charge in [-0.15, -0.1) is 0 Å². The molecule has 1 atom stereocenters. The number of aryl methyl sites for hydroxylation is 1. The van der Waals surface area contributed by atoms with E-state index in [2.05, 4.69) is 20.3 Å². The number of nitrogens with zero attached hydrogens (tertiary/aromatic N) is 4. The molecule has 2 N–H and O–H groups in total. The van der Waals surface area contributed by atoms with E-state index in [0.717, 1.165) is 30.8 Å². The lowest BCUT2D eigenvalue weighted by Crippen LogP contribution is -2.30. The Balaban J connectivity index is 1.87. The Morgan fingerprint density at radius 2 is 2.22 bits per heavy atom. The Hall–Kier alpha value is -2.54. The Morgan fingerprint density at radius 1 is 1.39 bits per heavy atom. The summed E-state index contributed by atoms with van der Waals surface area (Å²) < 4.78 is 0. The zero-order chi connectivity index (χ0) is 16.2. The van der Waals surface area contributed by atoms with Gasteiger partial charge in [0.2, 0.25) is 0 Å². The Bertz CT molecular complexity index is 706. The molecule has 1 unspecified atom stereocenters. The van der Waals surface area contributed by atoms with Crippen LogP contribution in [0.2, 0.25) is 0 Å². The van der Waals surface area contributed by atoms with Gasteiger partial charge in [-0.2, -0.15) is 0 Å². The van der Waals surface area contributed by atoms with Crippen LogP contribution in [0.3, 0.4) is 0 Å². The lowest BCUT2D eigenvalue weighted by atomic mass is 10.1. The van der Waals surface area contributed by atoms with Gasteiger partial charge in [0.05, 0.1) is 12.6 Å². The van der Waals surface area contributed by atoms with Crippen molar-refractivity contribution in [2.75, 3.05) is 18.4 Å². The molecule has 0 saturated carbocycles. The van der Waals surface area contributed by atoms with Crippen molar-refractivity contribution in [1.29, 1.82) is 0 Å². The highest BCUT2D eigenvalue weighted by Crippen LogP contribution is 2.34. The molecule has 0 aliphatic carbocycles. The van der Waals surface area contributed by atoms with Gasteiger partial charge in [-0.3, -0.25) is 14.7 Å². The van der Waals surface area contributed by atoms with Crippen LogP contribution in [0, 0.1) is 6.92 Å². The molecular weight excluding hydrogens is 294 g/mol. The van der Waals surface area contributed by atoms with Gasteiger partial charge >= 0.3 is 5.97 Å². The van der Waals surface area contributed by atoms with Crippen LogP contribution in [0.5, 0.6) is 0 Å². The molecule has 0 spiro atoms. The van der Waals surface area contributed by atoms with Crippen molar-refractivity contribution in [3.8, 4) is 0 Å². The number of pyridine rings is 1. The van der Waals surface area contributed by atoms with E-state index in [9.17, 15) is 4.79 Å². The lowest BCUT2D eigenvalue weighted by Gasteiger charge is -2.23. The van der Waals surface area contributed by atoms with Gasteiger partial charge in [0, 0.05) is 18.1 Å². The van der Waals surface area contributed by atoms with Crippen LogP contribution in [0.1, 0.15) is 30.3 Å². The van der Waals surface area contributed by atoms with Crippen LogP contribution in [-0.2, 0) is 4.79 Å². The first-order chi connectivity index (χ1) is 11.1. The van der Waals surface area contributed by atoms with E-state index in [0.29, 0.717) is 11.6 Å². The monoisotopic (exact) mass is 313 g/mol. The molecule has 2 aromatic heterocycles. The van der Waals surface area contributed by atoms with E-state index >= 15 is 0 Å². The summed E-state index contributed by atoms with van der Waals surface area (Å²) in [7, 11) is 0. The standard InChI is InChI=1S/C16H19N5O2/c1-11-4-2-6-13(19-11)20-16-15(17-7-8-18-16)12-5-3-9-21(12)10-14(22)23/h2,4,6-8,12H,3,5,9-10H2,1H3,(H,22,23)(H,18,19,20). The molecule has 0 radical (unpaired) electrons. The molecule has 7 nitrogen and oxygen atoms in total. The van der Waals surface area contributed by atoms with E-state index in [1.165, 1.54) is 0 Å². The molecule has 23 heavy (non-hydrogen) atoms. The number of hydrogen-bond acceptors (Lipinski definition) is 6. The molecule has 2 aromatic rings. The summed E-state index contributed by atoms with van der Waals surface area (Å²) in [5, 5.41) is 12.3. The summed E-state index contributed by atoms with van der Waals surface area (Å²) in [5.41, 5.74) is 1.68. The van der Waals surface area contributed by atoms with E-state index < -0.39 is 5.97 Å². The Kier molecular flexibility index (Phi) is 4.47. The van der Waals surface area contributed by atoms with Crippen LogP contribution in [-0.4, -0.2) is 44.0 Å². The zero-order valence-corrected chi connectivity index (χ0v) is 12.9. The molecule has 0 aromatic carbocycles. The highest BCUT2D eigenvalue weighted by Gasteiger charge is 2.30. The molecule has 1 aliphatic rings. The first-order valence-corrected chi connectivity index (χ1v) is 7.61. The maximum Gasteiger partial charge on any atom is 0.317 e. The number of rotatable bonds is 5. The van der Waals surface area contributed by atoms with Crippen LogP contribution in [0.4, 0.5) is 11.6 Å². The number of carboxylic acid groups (broad SMARTS) is 1. The van der Waals surface area contributed by atoms with E-state index in [1.807, 2.05) is 30.0 Å². The number of aromatic nitrogens is 3. The van der Waals surface area contributed by atoms with Crippen molar-refractivity contribution in [2.24, 2.45) is 0 Å². The predicted octanol–water partition coefficient (Wildman–Crippen LogP) is 2.15. The number of aliphatic carboxylic acids is 1. The zero-order valence-electron chi connectivity index (χ0n) is 12.9. The molecule has 3 heterocycles. The lowest BCUT2D eigenvalue weighted by molar-refractivity contribution is -0.138. The molecular formula is C16H19N5O2. The Labute approximate surface area is 134 Å². The second-order valence-corrected chi connectivity index (χ2v) is 5.60. The largest absolute Gasteiger partial charge is 0.480 e. The molecule has 3 rings (SSSR count). The summed E-state index contributed by atoms with van der Waals surface area (Å²) in [4.78, 5) is 26.2. The molecule has 0 amide bonds. The average molecular weight is 313 g/mol. The minimum Gasteiger partial charge on any atom is -0.480 e. The number of carboxylic acids is 1. The van der Waals surface area contributed by atoms with E-state index in [1.54, 1.807) is 12.4 Å². The fourth-order valence-corrected chi connectivity index (χ4v) is 2.92. The van der Waals surface area contributed by atoms with Crippen molar-refractivity contribution in [2.45, 2.75) is 25.8 Å². The van der Waals surface area contributed by atoms with Gasteiger partial charge in [0.1, 0.15) is 11.5 Å². The molecule has 1 aliphatic heterocycles. The summed E-state index contributed by atoms with van der Waals surface area (Å²) >= 11 is 0. The normalized spacial score (nSPS) is 18.0. The van der Waals surface area contributed by atoms with Gasteiger partial charge in [-0.1, -0.05) is 6.07 Å². The van der Waals surface area contributed by atoms with Gasteiger partial charge in [0.25, 0.3) is 0 Å². The van der Waals surface area contributed by atoms with E-state index in [4.69, 9.17) is 5.11 Å². The van der Waals surface area contributed by atoms with Gasteiger partial charge in [-0.25, -0.2) is 9.97 Å². The quantitative estimate of drug-likeness (QED) is 0.873. The molecule has 1 saturated heterocycles. The van der Waals surface area contributed by atoms with Crippen LogP contribution >= 0.6 is 0 Å². The first-order valence-electron chi connectivity index (χ1n) is 7.61. The van der Waals surface area contributed by atoms with Crippen molar-refractivity contribution in [1.82, 2.24) is 19.9 Å². The van der Waals surface area contributed by atoms with Gasteiger partial charge in [0.15, 0.2) is 5.82 Å². The fourth-order valence-electron chi connectivity index (χ4n) is 2.92. The number of anilines is 2.